The molecule has 0 radical (unpaired) electrons. The second-order valence-electron chi connectivity index (χ2n) is 4.37. The highest BCUT2D eigenvalue weighted by Gasteiger charge is 2.25. The molecule has 1 fully saturated rings. The number of thiophene rings is 1. The molecular formula is C13H12O2S. The predicted molar refractivity (Wildman–Crippen MR) is 65.1 cm³/mol. The van der Waals surface area contributed by atoms with Crippen molar-refractivity contribution in [3.8, 4) is 0 Å². The summed E-state index contributed by atoms with van der Waals surface area (Å²) in [6.07, 6.45) is 2.74. The van der Waals surface area contributed by atoms with E-state index in [0.717, 1.165) is 11.5 Å². The minimum Gasteiger partial charge on any atom is -0.481 e. The highest BCUT2D eigenvalue weighted by Crippen LogP contribution is 2.45. The second kappa shape index (κ2) is 3.59. The van der Waals surface area contributed by atoms with Crippen molar-refractivity contribution in [2.24, 2.45) is 0 Å². The number of aliphatic carboxylic acids is 1. The van der Waals surface area contributed by atoms with Gasteiger partial charge in [-0.05, 0) is 47.9 Å². The molecule has 0 unspecified atom stereocenters. The number of benzene rings is 1. The Hall–Kier alpha value is -1.35. The van der Waals surface area contributed by atoms with Crippen molar-refractivity contribution in [3.63, 3.8) is 0 Å². The molecule has 1 aromatic heterocycles. The molecule has 0 bridgehead atoms. The monoisotopic (exact) mass is 232 g/mol. The van der Waals surface area contributed by atoms with Crippen LogP contribution in [0.2, 0.25) is 0 Å². The van der Waals surface area contributed by atoms with Crippen molar-refractivity contribution >= 4 is 27.4 Å². The van der Waals surface area contributed by atoms with E-state index in [9.17, 15) is 4.79 Å². The number of hydrogen-bond acceptors (Lipinski definition) is 2. The van der Waals surface area contributed by atoms with Gasteiger partial charge in [-0.2, -0.15) is 0 Å². The fraction of sp³-hybridized carbons (Fsp3) is 0.308. The molecule has 3 rings (SSSR count). The maximum Gasteiger partial charge on any atom is 0.307 e. The lowest BCUT2D eigenvalue weighted by atomic mass is 10.1. The van der Waals surface area contributed by atoms with E-state index in [0.29, 0.717) is 0 Å². The van der Waals surface area contributed by atoms with Gasteiger partial charge in [0, 0.05) is 9.58 Å². The van der Waals surface area contributed by atoms with E-state index in [1.54, 1.807) is 0 Å². The zero-order chi connectivity index (χ0) is 11.1. The van der Waals surface area contributed by atoms with Gasteiger partial charge in [0.25, 0.3) is 0 Å². The van der Waals surface area contributed by atoms with Crippen LogP contribution in [0, 0.1) is 0 Å². The first-order valence-corrected chi connectivity index (χ1v) is 6.28. The Balaban J connectivity index is 1.99. The minimum absolute atomic E-state index is 0.116. The number of carboxylic acid groups (broad SMARTS) is 1. The Morgan fingerprint density at radius 1 is 1.38 bits per heavy atom. The van der Waals surface area contributed by atoms with Crippen molar-refractivity contribution in [2.45, 2.75) is 25.2 Å². The van der Waals surface area contributed by atoms with E-state index in [-0.39, 0.29) is 6.42 Å². The lowest BCUT2D eigenvalue weighted by Gasteiger charge is -1.96. The first-order chi connectivity index (χ1) is 7.72. The van der Waals surface area contributed by atoms with Gasteiger partial charge in [0.2, 0.25) is 0 Å². The van der Waals surface area contributed by atoms with Gasteiger partial charge in [0.05, 0.1) is 6.42 Å². The molecule has 82 valence electrons. The molecule has 0 atom stereocenters. The van der Waals surface area contributed by atoms with Crippen LogP contribution in [-0.2, 0) is 11.2 Å². The molecule has 0 saturated heterocycles. The van der Waals surface area contributed by atoms with Crippen LogP contribution >= 0.6 is 11.3 Å². The number of fused-ring (bicyclic) bond motifs is 1. The molecule has 1 aromatic carbocycles. The highest BCUT2D eigenvalue weighted by molar-refractivity contribution is 7.19. The topological polar surface area (TPSA) is 37.3 Å². The fourth-order valence-electron chi connectivity index (χ4n) is 1.97. The Morgan fingerprint density at radius 2 is 2.19 bits per heavy atom. The van der Waals surface area contributed by atoms with Gasteiger partial charge in [0.15, 0.2) is 0 Å². The van der Waals surface area contributed by atoms with Crippen molar-refractivity contribution in [1.82, 2.24) is 0 Å². The molecule has 1 N–H and O–H groups in total. The fourth-order valence-corrected chi connectivity index (χ4v) is 3.18. The molecule has 0 aliphatic heterocycles. The molecule has 0 amide bonds. The molecule has 2 nitrogen and oxygen atoms in total. The van der Waals surface area contributed by atoms with Crippen LogP contribution in [0.1, 0.15) is 29.2 Å². The molecule has 1 aliphatic rings. The van der Waals surface area contributed by atoms with E-state index in [2.05, 4.69) is 6.07 Å². The van der Waals surface area contributed by atoms with E-state index in [1.165, 1.54) is 27.8 Å². The van der Waals surface area contributed by atoms with Gasteiger partial charge < -0.3 is 5.11 Å². The molecule has 1 saturated carbocycles. The summed E-state index contributed by atoms with van der Waals surface area (Å²) in [7, 11) is 0. The first-order valence-electron chi connectivity index (χ1n) is 5.46. The summed E-state index contributed by atoms with van der Waals surface area (Å²) < 4.78 is 1.27. The maximum absolute atomic E-state index is 10.6. The normalized spacial score (nSPS) is 15.5. The van der Waals surface area contributed by atoms with E-state index < -0.39 is 5.97 Å². The third-order valence-corrected chi connectivity index (χ3v) is 4.21. The summed E-state index contributed by atoms with van der Waals surface area (Å²) in [5.41, 5.74) is 0.889. The number of rotatable bonds is 3. The number of carboxylic acids is 1. The van der Waals surface area contributed by atoms with Gasteiger partial charge in [-0.25, -0.2) is 0 Å². The minimum atomic E-state index is -0.767. The standard InChI is InChI=1S/C13H12O2S/c14-13(15)6-8-1-4-11-10(5-8)7-12(16-11)9-2-3-9/h1,4-5,7,9H,2-3,6H2,(H,14,15). The van der Waals surface area contributed by atoms with E-state index in [4.69, 9.17) is 5.11 Å². The SMILES string of the molecule is O=C(O)Cc1ccc2sc(C3CC3)cc2c1. The Morgan fingerprint density at radius 3 is 2.88 bits per heavy atom. The van der Waals surface area contributed by atoms with Crippen LogP contribution in [0.5, 0.6) is 0 Å². The Bertz CT molecular complexity index is 552. The molecule has 3 heteroatoms. The van der Waals surface area contributed by atoms with Crippen molar-refractivity contribution in [2.75, 3.05) is 0 Å². The predicted octanol–water partition coefficient (Wildman–Crippen LogP) is 3.41. The third-order valence-electron chi connectivity index (χ3n) is 2.93. The number of carbonyl (C=O) groups is 1. The van der Waals surface area contributed by atoms with Crippen LogP contribution in [0.4, 0.5) is 0 Å². The summed E-state index contributed by atoms with van der Waals surface area (Å²) >= 11 is 1.85. The molecule has 1 aliphatic carbocycles. The molecule has 2 aromatic rings. The molecule has 0 spiro atoms. The average Bonchev–Trinajstić information content (AvgIpc) is 2.98. The molecule has 1 heterocycles. The van der Waals surface area contributed by atoms with Crippen molar-refractivity contribution in [3.05, 3.63) is 34.7 Å². The zero-order valence-electron chi connectivity index (χ0n) is 8.77. The highest BCUT2D eigenvalue weighted by atomic mass is 32.1. The van der Waals surface area contributed by atoms with Gasteiger partial charge in [-0.15, -0.1) is 11.3 Å². The summed E-state index contributed by atoms with van der Waals surface area (Å²) in [5, 5.41) is 9.94. The lowest BCUT2D eigenvalue weighted by Crippen LogP contribution is -1.99. The third kappa shape index (κ3) is 1.83. The smallest absolute Gasteiger partial charge is 0.307 e. The Kier molecular flexibility index (Phi) is 2.21. The van der Waals surface area contributed by atoms with E-state index >= 15 is 0 Å². The van der Waals surface area contributed by atoms with Crippen molar-refractivity contribution < 1.29 is 9.90 Å². The second-order valence-corrected chi connectivity index (χ2v) is 5.48. The zero-order valence-corrected chi connectivity index (χ0v) is 9.59. The molecule has 16 heavy (non-hydrogen) atoms. The van der Waals surface area contributed by atoms with E-state index in [1.807, 2.05) is 29.5 Å². The van der Waals surface area contributed by atoms with Crippen LogP contribution in [-0.4, -0.2) is 11.1 Å². The van der Waals surface area contributed by atoms with Crippen LogP contribution in [0.3, 0.4) is 0 Å². The first kappa shape index (κ1) is 9.85. The van der Waals surface area contributed by atoms with Crippen LogP contribution < -0.4 is 0 Å². The van der Waals surface area contributed by atoms with Gasteiger partial charge >= 0.3 is 5.97 Å². The maximum atomic E-state index is 10.6. The quantitative estimate of drug-likeness (QED) is 0.880. The number of hydrogen-bond donors (Lipinski definition) is 1. The van der Waals surface area contributed by atoms with Gasteiger partial charge in [-0.3, -0.25) is 4.79 Å². The average molecular weight is 232 g/mol. The Labute approximate surface area is 97.5 Å². The van der Waals surface area contributed by atoms with Crippen molar-refractivity contribution in [1.29, 1.82) is 0 Å². The summed E-state index contributed by atoms with van der Waals surface area (Å²) in [4.78, 5) is 12.1. The van der Waals surface area contributed by atoms with Gasteiger partial charge in [0.1, 0.15) is 0 Å². The summed E-state index contributed by atoms with van der Waals surface area (Å²) in [5.74, 6) is 0.0114. The summed E-state index contributed by atoms with van der Waals surface area (Å²) in [6.45, 7) is 0. The lowest BCUT2D eigenvalue weighted by molar-refractivity contribution is -0.136. The van der Waals surface area contributed by atoms with Crippen LogP contribution in [0.25, 0.3) is 10.1 Å². The summed E-state index contributed by atoms with van der Waals surface area (Å²) in [6, 6.07) is 8.20. The molecular weight excluding hydrogens is 220 g/mol. The van der Waals surface area contributed by atoms with Crippen LogP contribution in [0.15, 0.2) is 24.3 Å². The largest absolute Gasteiger partial charge is 0.481 e. The van der Waals surface area contributed by atoms with Gasteiger partial charge in [-0.1, -0.05) is 6.07 Å².